The zero-order chi connectivity index (χ0) is 27.2. The van der Waals surface area contributed by atoms with Gasteiger partial charge < -0.3 is 26.6 Å². The third kappa shape index (κ3) is 6.61. The van der Waals surface area contributed by atoms with Gasteiger partial charge in [-0.25, -0.2) is 8.78 Å². The van der Waals surface area contributed by atoms with E-state index < -0.39 is 40.9 Å². The minimum atomic E-state index is -1.61. The molecule has 2 aromatic carbocycles. The molecule has 3 atom stereocenters. The lowest BCUT2D eigenvalue weighted by Crippen LogP contribution is -2.51. The third-order valence-corrected chi connectivity index (χ3v) is 6.86. The van der Waals surface area contributed by atoms with Gasteiger partial charge >= 0.3 is 0 Å². The van der Waals surface area contributed by atoms with Gasteiger partial charge in [0.1, 0.15) is 17.4 Å². The molecule has 1 aliphatic carbocycles. The number of likely N-dealkylation sites (N-methyl/N-ethyl adjacent to an activating group) is 1. The molecular formula is C28H33F2N3O4. The number of aliphatic hydroxyl groups is 2. The molecule has 0 aromatic heterocycles. The van der Waals surface area contributed by atoms with Crippen LogP contribution in [0.25, 0.3) is 0 Å². The van der Waals surface area contributed by atoms with Crippen molar-refractivity contribution in [2.75, 3.05) is 13.6 Å². The first kappa shape index (κ1) is 28.0. The zero-order valence-corrected chi connectivity index (χ0v) is 20.9. The summed E-state index contributed by atoms with van der Waals surface area (Å²) in [5, 5.41) is 27.2. The van der Waals surface area contributed by atoms with Gasteiger partial charge in [0.25, 0.3) is 5.91 Å². The Bertz CT molecular complexity index is 1190. The maximum Gasteiger partial charge on any atom is 0.250 e. The van der Waals surface area contributed by atoms with Gasteiger partial charge in [-0.1, -0.05) is 37.3 Å². The molecule has 0 aliphatic heterocycles. The Morgan fingerprint density at radius 2 is 1.78 bits per heavy atom. The van der Waals surface area contributed by atoms with Crippen LogP contribution in [0.1, 0.15) is 30.0 Å². The molecule has 6 N–H and O–H groups in total. The molecule has 0 fully saturated rings. The highest BCUT2D eigenvalue weighted by atomic mass is 19.1. The van der Waals surface area contributed by atoms with Crippen molar-refractivity contribution in [1.82, 2.24) is 10.6 Å². The van der Waals surface area contributed by atoms with Crippen molar-refractivity contribution in [3.05, 3.63) is 94.3 Å². The van der Waals surface area contributed by atoms with E-state index in [4.69, 9.17) is 5.73 Å². The summed E-state index contributed by atoms with van der Waals surface area (Å²) in [5.41, 5.74) is 6.55. The summed E-state index contributed by atoms with van der Waals surface area (Å²) in [5.74, 6) is -4.35. The van der Waals surface area contributed by atoms with Gasteiger partial charge in [0, 0.05) is 32.1 Å². The lowest BCUT2D eigenvalue weighted by Gasteiger charge is -2.41. The van der Waals surface area contributed by atoms with E-state index in [1.165, 1.54) is 24.8 Å². The Labute approximate surface area is 215 Å². The molecule has 2 amide bonds. The Kier molecular flexibility index (Phi) is 9.18. The molecule has 2 aromatic rings. The summed E-state index contributed by atoms with van der Waals surface area (Å²) in [7, 11) is 1.38. The first-order valence-corrected chi connectivity index (χ1v) is 12.1. The number of primary amides is 1. The summed E-state index contributed by atoms with van der Waals surface area (Å²) >= 11 is 0. The topological polar surface area (TPSA) is 125 Å². The van der Waals surface area contributed by atoms with Crippen LogP contribution < -0.4 is 16.4 Å². The van der Waals surface area contributed by atoms with Gasteiger partial charge in [-0.05, 0) is 54.2 Å². The normalized spacial score (nSPS) is 18.9. The summed E-state index contributed by atoms with van der Waals surface area (Å²) in [6, 6.07) is 10.9. The number of carbonyl (C=O) groups is 2. The maximum absolute atomic E-state index is 14.0. The summed E-state index contributed by atoms with van der Waals surface area (Å²) < 4.78 is 28.0. The number of rotatable bonds is 11. The molecule has 0 saturated carbocycles. The van der Waals surface area contributed by atoms with Crippen LogP contribution in [0.3, 0.4) is 0 Å². The molecule has 1 aliphatic rings. The van der Waals surface area contributed by atoms with Crippen LogP contribution in [0.4, 0.5) is 8.78 Å². The molecule has 7 nitrogen and oxygen atoms in total. The van der Waals surface area contributed by atoms with E-state index >= 15 is 0 Å². The minimum absolute atomic E-state index is 0.0344. The average Bonchev–Trinajstić information content (AvgIpc) is 2.86. The van der Waals surface area contributed by atoms with Crippen molar-refractivity contribution in [2.24, 2.45) is 17.1 Å². The smallest absolute Gasteiger partial charge is 0.250 e. The fourth-order valence-electron chi connectivity index (χ4n) is 4.83. The monoisotopic (exact) mass is 513 g/mol. The Morgan fingerprint density at radius 3 is 2.41 bits per heavy atom. The molecular weight excluding hydrogens is 480 g/mol. The molecule has 3 rings (SSSR count). The van der Waals surface area contributed by atoms with E-state index in [0.29, 0.717) is 6.54 Å². The van der Waals surface area contributed by atoms with Gasteiger partial charge in [0.2, 0.25) is 5.91 Å². The van der Waals surface area contributed by atoms with Crippen LogP contribution in [-0.2, 0) is 29.0 Å². The zero-order valence-electron chi connectivity index (χ0n) is 20.9. The lowest BCUT2D eigenvalue weighted by atomic mass is 9.64. The van der Waals surface area contributed by atoms with Gasteiger partial charge in [0.05, 0.1) is 17.1 Å². The van der Waals surface area contributed by atoms with E-state index in [1.807, 2.05) is 24.3 Å². The number of carbonyl (C=O) groups excluding carboxylic acids is 2. The average molecular weight is 514 g/mol. The van der Waals surface area contributed by atoms with Gasteiger partial charge in [-0.3, -0.25) is 9.59 Å². The lowest BCUT2D eigenvalue weighted by molar-refractivity contribution is -0.131. The highest BCUT2D eigenvalue weighted by molar-refractivity contribution is 5.96. The quantitative estimate of drug-likeness (QED) is 0.316. The molecule has 37 heavy (non-hydrogen) atoms. The molecule has 0 bridgehead atoms. The first-order valence-electron chi connectivity index (χ1n) is 12.1. The molecule has 1 unspecified atom stereocenters. The number of aryl methyl sites for hydroxylation is 1. The Balaban J connectivity index is 1.93. The van der Waals surface area contributed by atoms with Crippen LogP contribution in [0.2, 0.25) is 0 Å². The number of amides is 2. The van der Waals surface area contributed by atoms with Crippen molar-refractivity contribution in [3.8, 4) is 0 Å². The fourth-order valence-corrected chi connectivity index (χ4v) is 4.83. The number of aliphatic hydroxyl groups excluding tert-OH is 2. The van der Waals surface area contributed by atoms with E-state index in [0.717, 1.165) is 30.2 Å². The van der Waals surface area contributed by atoms with Crippen molar-refractivity contribution in [1.29, 1.82) is 0 Å². The fraction of sp³-hybridized carbons (Fsp3) is 0.357. The Morgan fingerprint density at radius 1 is 1.11 bits per heavy atom. The third-order valence-electron chi connectivity index (χ3n) is 6.86. The van der Waals surface area contributed by atoms with Crippen LogP contribution >= 0.6 is 0 Å². The number of hydrogen-bond donors (Lipinski definition) is 5. The van der Waals surface area contributed by atoms with Gasteiger partial charge in [-0.15, -0.1) is 0 Å². The van der Waals surface area contributed by atoms with Crippen molar-refractivity contribution in [3.63, 3.8) is 0 Å². The maximum atomic E-state index is 14.0. The van der Waals surface area contributed by atoms with Crippen LogP contribution in [0.5, 0.6) is 0 Å². The second kappa shape index (κ2) is 12.1. The number of halogens is 2. The summed E-state index contributed by atoms with van der Waals surface area (Å²) in [4.78, 5) is 25.4. The highest BCUT2D eigenvalue weighted by Crippen LogP contribution is 2.43. The van der Waals surface area contributed by atoms with Crippen LogP contribution in [-0.4, -0.2) is 41.7 Å². The second-order valence-electron chi connectivity index (χ2n) is 9.32. The van der Waals surface area contributed by atoms with Gasteiger partial charge in [0.15, 0.2) is 0 Å². The molecule has 9 heteroatoms. The molecule has 0 saturated heterocycles. The summed E-state index contributed by atoms with van der Waals surface area (Å²) in [6.45, 7) is 2.53. The van der Waals surface area contributed by atoms with Crippen molar-refractivity contribution >= 4 is 11.8 Å². The predicted octanol–water partition coefficient (Wildman–Crippen LogP) is 2.83. The SMILES string of the molecule is CCc1cccc(CNC[C@H](O)[C@@H](Cc2cc(F)cc(F)c2)C2(C(N)=O)C=CC(O)=C(C(=O)NC)C2)c1. The number of hydrogen-bond acceptors (Lipinski definition) is 5. The van der Waals surface area contributed by atoms with Crippen molar-refractivity contribution in [2.45, 2.75) is 38.8 Å². The predicted molar refractivity (Wildman–Crippen MR) is 136 cm³/mol. The van der Waals surface area contributed by atoms with E-state index in [1.54, 1.807) is 0 Å². The van der Waals surface area contributed by atoms with Crippen LogP contribution in [0, 0.1) is 23.0 Å². The first-order chi connectivity index (χ1) is 17.6. The number of nitrogens with two attached hydrogens (primary N) is 1. The van der Waals surface area contributed by atoms with E-state index in [-0.39, 0.29) is 36.3 Å². The number of allylic oxidation sites excluding steroid dienone is 1. The van der Waals surface area contributed by atoms with Crippen LogP contribution in [0.15, 0.2) is 65.9 Å². The molecule has 0 radical (unpaired) electrons. The Hall–Kier alpha value is -3.56. The molecule has 198 valence electrons. The van der Waals surface area contributed by atoms with Crippen molar-refractivity contribution < 1.29 is 28.6 Å². The standard InChI is InChI=1S/C28H33F2N3O4/c1-3-17-5-4-6-18(9-17)15-33-16-25(35)23(12-19-10-20(29)13-21(30)11-19)28(27(31)37)8-7-24(34)22(14-28)26(36)32-2/h4-11,13,23,25,33-35H,3,12,14-16H2,1-2H3,(H2,31,37)(H,32,36)/t23-,25+,28?/m1/s1. The highest BCUT2D eigenvalue weighted by Gasteiger charge is 2.48. The minimum Gasteiger partial charge on any atom is -0.507 e. The second-order valence-corrected chi connectivity index (χ2v) is 9.32. The van der Waals surface area contributed by atoms with Gasteiger partial charge in [-0.2, -0.15) is 0 Å². The van der Waals surface area contributed by atoms with E-state index in [2.05, 4.69) is 17.6 Å². The van der Waals surface area contributed by atoms with E-state index in [9.17, 15) is 28.6 Å². The molecule has 0 spiro atoms. The molecule has 0 heterocycles. The largest absolute Gasteiger partial charge is 0.507 e. The summed E-state index contributed by atoms with van der Waals surface area (Å²) in [6.07, 6.45) is 1.84. The number of benzene rings is 2. The number of nitrogens with one attached hydrogen (secondary N) is 2.